The molecule has 0 bridgehead atoms. The molecule has 2 aliphatic rings. The first-order valence-electron chi connectivity index (χ1n) is 11.8. The van der Waals surface area contributed by atoms with E-state index in [2.05, 4.69) is 4.99 Å². The number of thioether (sulfide) groups is 1. The minimum Gasteiger partial charge on any atom is -0.490 e. The molecule has 0 unspecified atom stereocenters. The molecule has 0 aromatic heterocycles. The Morgan fingerprint density at radius 1 is 1.08 bits per heavy atom. The van der Waals surface area contributed by atoms with Crippen molar-refractivity contribution in [3.8, 4) is 11.5 Å². The van der Waals surface area contributed by atoms with Crippen LogP contribution in [0.2, 0.25) is 5.02 Å². The highest BCUT2D eigenvalue weighted by molar-refractivity contribution is 8.17. The summed E-state index contributed by atoms with van der Waals surface area (Å²) >= 11 is 7.95. The van der Waals surface area contributed by atoms with Gasteiger partial charge in [0.05, 0.1) is 22.9 Å². The van der Waals surface area contributed by atoms with Crippen molar-refractivity contribution in [3.63, 3.8) is 0 Å². The maximum Gasteiger partial charge on any atom is 0.283 e. The number of benzene rings is 3. The summed E-state index contributed by atoms with van der Waals surface area (Å²) in [4.78, 5) is 18.8. The van der Waals surface area contributed by atoms with Gasteiger partial charge in [0.15, 0.2) is 16.7 Å². The Kier molecular flexibility index (Phi) is 7.17. The number of hydrogen-bond acceptors (Lipinski definition) is 5. The summed E-state index contributed by atoms with van der Waals surface area (Å²) in [5, 5.41) is 11.6. The van der Waals surface area contributed by atoms with Gasteiger partial charge in [0.1, 0.15) is 12.4 Å². The Morgan fingerprint density at radius 2 is 1.84 bits per heavy atom. The van der Waals surface area contributed by atoms with Crippen molar-refractivity contribution in [3.05, 3.63) is 105 Å². The van der Waals surface area contributed by atoms with Gasteiger partial charge in [0.2, 0.25) is 0 Å². The van der Waals surface area contributed by atoms with Crippen molar-refractivity contribution in [2.45, 2.75) is 20.5 Å². The van der Waals surface area contributed by atoms with Crippen LogP contribution < -0.4 is 9.47 Å². The lowest BCUT2D eigenvalue weighted by atomic mass is 10.1. The highest BCUT2D eigenvalue weighted by Crippen LogP contribution is 2.40. The summed E-state index contributed by atoms with van der Waals surface area (Å²) in [6.07, 6.45) is 1.62. The molecule has 3 aromatic carbocycles. The van der Waals surface area contributed by atoms with Crippen molar-refractivity contribution in [1.82, 2.24) is 4.90 Å². The first-order valence-corrected chi connectivity index (χ1v) is 13.0. The smallest absolute Gasteiger partial charge is 0.283 e. The van der Waals surface area contributed by atoms with E-state index in [0.717, 1.165) is 16.8 Å². The lowest BCUT2D eigenvalue weighted by molar-refractivity contribution is -0.114. The van der Waals surface area contributed by atoms with E-state index in [1.807, 2.05) is 73.9 Å². The van der Waals surface area contributed by atoms with Crippen LogP contribution in [-0.4, -0.2) is 28.4 Å². The maximum atomic E-state index is 12.9. The predicted molar refractivity (Wildman–Crippen MR) is 150 cm³/mol. The molecule has 0 saturated heterocycles. The summed E-state index contributed by atoms with van der Waals surface area (Å²) in [6, 6.07) is 21.3. The Hall–Kier alpha value is -3.81. The topological polar surface area (TPSA) is 75.0 Å². The van der Waals surface area contributed by atoms with E-state index in [0.29, 0.717) is 40.5 Å². The predicted octanol–water partition coefficient (Wildman–Crippen LogP) is 6.93. The van der Waals surface area contributed by atoms with Gasteiger partial charge >= 0.3 is 0 Å². The molecule has 1 N–H and O–H groups in total. The molecule has 6 nitrogen and oxygen atoms in total. The molecule has 0 aliphatic carbocycles. The monoisotopic (exact) mass is 529 g/mol. The van der Waals surface area contributed by atoms with Crippen LogP contribution in [-0.2, 0) is 11.4 Å². The molecular formula is C29H24ClN3O3S. The second kappa shape index (κ2) is 10.7. The van der Waals surface area contributed by atoms with E-state index >= 15 is 0 Å². The summed E-state index contributed by atoms with van der Waals surface area (Å²) in [6.45, 7) is 4.66. The lowest BCUT2D eigenvalue weighted by Gasteiger charge is -2.27. The van der Waals surface area contributed by atoms with Crippen molar-refractivity contribution in [2.75, 3.05) is 6.61 Å². The molecule has 2 aliphatic heterocycles. The van der Waals surface area contributed by atoms with Crippen LogP contribution in [0.4, 0.5) is 0 Å². The largest absolute Gasteiger partial charge is 0.490 e. The number of carbonyl (C=O) groups excluding carboxylic acids is 1. The number of aliphatic imine (C=N–C) groups is 1. The first-order chi connectivity index (χ1) is 17.9. The van der Waals surface area contributed by atoms with E-state index in [1.165, 1.54) is 17.3 Å². The third-order valence-electron chi connectivity index (χ3n) is 5.83. The SMILES string of the molecule is CCOc1cc(C=C2C(=N)N3C(c4ccccc4)=CSC3=NC2=O)cc(Cl)c1OCc1ccc(C)cc1. The second-order valence-corrected chi connectivity index (χ2v) is 9.71. The number of carbonyl (C=O) groups is 1. The Labute approximate surface area is 224 Å². The number of ether oxygens (including phenoxy) is 2. The van der Waals surface area contributed by atoms with E-state index < -0.39 is 5.91 Å². The van der Waals surface area contributed by atoms with Crippen LogP contribution in [0.25, 0.3) is 11.8 Å². The van der Waals surface area contributed by atoms with Gasteiger partial charge in [-0.1, -0.05) is 83.5 Å². The summed E-state index contributed by atoms with van der Waals surface area (Å²) in [5.41, 5.74) is 4.71. The molecular weight excluding hydrogens is 506 g/mol. The highest BCUT2D eigenvalue weighted by atomic mass is 35.5. The van der Waals surface area contributed by atoms with Crippen molar-refractivity contribution in [2.24, 2.45) is 4.99 Å². The van der Waals surface area contributed by atoms with E-state index in [-0.39, 0.29) is 11.4 Å². The van der Waals surface area contributed by atoms with E-state index in [9.17, 15) is 4.79 Å². The number of rotatable bonds is 7. The maximum absolute atomic E-state index is 12.9. The van der Waals surface area contributed by atoms with Gasteiger partial charge in [-0.05, 0) is 48.7 Å². The molecule has 37 heavy (non-hydrogen) atoms. The average molecular weight is 530 g/mol. The van der Waals surface area contributed by atoms with Crippen LogP contribution in [0, 0.1) is 12.3 Å². The van der Waals surface area contributed by atoms with Gasteiger partial charge in [-0.15, -0.1) is 0 Å². The molecule has 8 heteroatoms. The van der Waals surface area contributed by atoms with Gasteiger partial charge < -0.3 is 9.47 Å². The van der Waals surface area contributed by atoms with Crippen molar-refractivity contribution < 1.29 is 14.3 Å². The minimum absolute atomic E-state index is 0.0592. The third kappa shape index (κ3) is 5.19. The number of amidine groups is 2. The van der Waals surface area contributed by atoms with E-state index in [1.54, 1.807) is 23.1 Å². The van der Waals surface area contributed by atoms with E-state index in [4.69, 9.17) is 26.5 Å². The lowest BCUT2D eigenvalue weighted by Crippen LogP contribution is -2.38. The summed E-state index contributed by atoms with van der Waals surface area (Å²) in [7, 11) is 0. The second-order valence-electron chi connectivity index (χ2n) is 8.47. The third-order valence-corrected chi connectivity index (χ3v) is 6.94. The molecule has 0 atom stereocenters. The minimum atomic E-state index is -0.472. The number of fused-ring (bicyclic) bond motifs is 1. The molecule has 0 spiro atoms. The van der Waals surface area contributed by atoms with Crippen LogP contribution in [0.5, 0.6) is 11.5 Å². The molecule has 2 heterocycles. The van der Waals surface area contributed by atoms with Crippen LogP contribution in [0.15, 0.2) is 82.7 Å². The zero-order valence-electron chi connectivity index (χ0n) is 20.3. The quantitative estimate of drug-likeness (QED) is 0.336. The normalized spacial score (nSPS) is 16.0. The van der Waals surface area contributed by atoms with Crippen molar-refractivity contribution in [1.29, 1.82) is 5.41 Å². The fourth-order valence-corrected chi connectivity index (χ4v) is 5.16. The zero-order chi connectivity index (χ0) is 25.9. The van der Waals surface area contributed by atoms with Crippen LogP contribution in [0.1, 0.15) is 29.2 Å². The van der Waals surface area contributed by atoms with Gasteiger partial charge in [-0.25, -0.2) is 0 Å². The molecule has 0 saturated carbocycles. The Morgan fingerprint density at radius 3 is 2.57 bits per heavy atom. The van der Waals surface area contributed by atoms with Gasteiger partial charge in [-0.3, -0.25) is 15.1 Å². The number of amides is 1. The Bertz CT molecular complexity index is 1460. The van der Waals surface area contributed by atoms with Gasteiger partial charge in [0, 0.05) is 5.41 Å². The molecule has 5 rings (SSSR count). The van der Waals surface area contributed by atoms with Crippen molar-refractivity contribution >= 4 is 52.0 Å². The summed E-state index contributed by atoms with van der Waals surface area (Å²) < 4.78 is 11.9. The van der Waals surface area contributed by atoms with Gasteiger partial charge in [0.25, 0.3) is 5.91 Å². The fraction of sp³-hybridized carbons (Fsp3) is 0.138. The summed E-state index contributed by atoms with van der Waals surface area (Å²) in [5.74, 6) is 0.487. The molecule has 186 valence electrons. The Balaban J connectivity index is 1.45. The number of halogens is 1. The number of aryl methyl sites for hydroxylation is 1. The first kappa shape index (κ1) is 24.9. The molecule has 0 fully saturated rings. The van der Waals surface area contributed by atoms with Crippen LogP contribution >= 0.6 is 23.4 Å². The average Bonchev–Trinajstić information content (AvgIpc) is 3.32. The molecule has 0 radical (unpaired) electrons. The number of hydrogen-bond donors (Lipinski definition) is 1. The molecule has 1 amide bonds. The number of nitrogens with one attached hydrogen (secondary N) is 1. The van der Waals surface area contributed by atoms with Crippen LogP contribution in [0.3, 0.4) is 0 Å². The zero-order valence-corrected chi connectivity index (χ0v) is 21.9. The standard InChI is InChI=1S/C29H24ClN3O3S/c1-3-35-25-15-20(14-23(30)26(25)36-16-19-11-9-18(2)10-12-19)13-22-27(31)33-24(21-7-5-4-6-8-21)17-37-29(33)32-28(22)34/h4-15,17,31H,3,16H2,1-2H3. The number of nitrogens with zero attached hydrogens (tertiary/aromatic N) is 2. The highest BCUT2D eigenvalue weighted by Gasteiger charge is 2.36. The van der Waals surface area contributed by atoms with Gasteiger partial charge in [-0.2, -0.15) is 4.99 Å². The fourth-order valence-electron chi connectivity index (χ4n) is 4.00. The molecule has 3 aromatic rings.